The second-order valence-corrected chi connectivity index (χ2v) is 3.35. The van der Waals surface area contributed by atoms with Crippen LogP contribution in [0.2, 0.25) is 5.02 Å². The fourth-order valence-corrected chi connectivity index (χ4v) is 1.56. The quantitative estimate of drug-likeness (QED) is 0.681. The van der Waals surface area contributed by atoms with Crippen molar-refractivity contribution in [2.24, 2.45) is 0 Å². The van der Waals surface area contributed by atoms with Gasteiger partial charge < -0.3 is 4.42 Å². The molecule has 2 nitrogen and oxygen atoms in total. The Kier molecular flexibility index (Phi) is 2.02. The van der Waals surface area contributed by atoms with Crippen LogP contribution < -0.4 is 0 Å². The van der Waals surface area contributed by atoms with Crippen LogP contribution in [0.15, 0.2) is 28.9 Å². The van der Waals surface area contributed by atoms with Gasteiger partial charge in [-0.2, -0.15) is 0 Å². The van der Waals surface area contributed by atoms with E-state index >= 15 is 0 Å². The zero-order valence-corrected chi connectivity index (χ0v) is 7.89. The summed E-state index contributed by atoms with van der Waals surface area (Å²) in [5.41, 5.74) is 0.776. The van der Waals surface area contributed by atoms with Gasteiger partial charge in [0.05, 0.1) is 11.8 Å². The van der Waals surface area contributed by atoms with Crippen LogP contribution in [0.3, 0.4) is 0 Å². The van der Waals surface area contributed by atoms with Crippen LogP contribution in [0.1, 0.15) is 10.4 Å². The Labute approximate surface area is 84.0 Å². The molecule has 0 saturated carbocycles. The molecular weight excluding hydrogens is 211 g/mol. The molecule has 0 radical (unpaired) electrons. The number of benzene rings is 1. The standard InChI is InChI=1S/C9H4Cl2O2/c10-6-3-5-1-2-13-8(5)7(4-6)9(11)12/h1-4H. The Bertz CT molecular complexity index is 473. The van der Waals surface area contributed by atoms with E-state index in [4.69, 9.17) is 27.6 Å². The molecule has 2 aromatic rings. The van der Waals surface area contributed by atoms with Crippen molar-refractivity contribution in [2.75, 3.05) is 0 Å². The van der Waals surface area contributed by atoms with E-state index in [1.165, 1.54) is 12.3 Å². The molecule has 0 aliphatic heterocycles. The molecule has 0 fully saturated rings. The summed E-state index contributed by atoms with van der Waals surface area (Å²) in [6.07, 6.45) is 1.49. The minimum atomic E-state index is -0.567. The molecule has 1 heterocycles. The first-order valence-corrected chi connectivity index (χ1v) is 4.30. The van der Waals surface area contributed by atoms with Gasteiger partial charge in [0.2, 0.25) is 0 Å². The lowest BCUT2D eigenvalue weighted by molar-refractivity contribution is 0.108. The molecular formula is C9H4Cl2O2. The molecule has 1 aromatic heterocycles. The highest BCUT2D eigenvalue weighted by Gasteiger charge is 2.11. The van der Waals surface area contributed by atoms with Gasteiger partial charge in [0, 0.05) is 10.4 Å². The van der Waals surface area contributed by atoms with Gasteiger partial charge in [-0.15, -0.1) is 0 Å². The molecule has 0 saturated heterocycles. The third-order valence-corrected chi connectivity index (χ3v) is 2.15. The van der Waals surface area contributed by atoms with Crippen LogP contribution >= 0.6 is 23.2 Å². The van der Waals surface area contributed by atoms with E-state index in [1.54, 1.807) is 12.1 Å². The third-order valence-electron chi connectivity index (χ3n) is 1.73. The molecule has 0 spiro atoms. The first kappa shape index (κ1) is 8.60. The molecule has 66 valence electrons. The van der Waals surface area contributed by atoms with Crippen LogP contribution in [-0.4, -0.2) is 5.24 Å². The maximum atomic E-state index is 11.0. The van der Waals surface area contributed by atoms with Crippen LogP contribution in [0, 0.1) is 0 Å². The largest absolute Gasteiger partial charge is 0.464 e. The highest BCUT2D eigenvalue weighted by atomic mass is 35.5. The Morgan fingerprint density at radius 2 is 2.15 bits per heavy atom. The summed E-state index contributed by atoms with van der Waals surface area (Å²) >= 11 is 11.1. The van der Waals surface area contributed by atoms with Crippen molar-refractivity contribution in [3.05, 3.63) is 35.0 Å². The Morgan fingerprint density at radius 1 is 1.38 bits per heavy atom. The molecule has 4 heteroatoms. The normalized spacial score (nSPS) is 10.6. The van der Waals surface area contributed by atoms with E-state index in [2.05, 4.69) is 0 Å². The predicted octanol–water partition coefficient (Wildman–Crippen LogP) is 3.47. The van der Waals surface area contributed by atoms with Gasteiger partial charge in [0.15, 0.2) is 0 Å². The van der Waals surface area contributed by atoms with Gasteiger partial charge in [-0.25, -0.2) is 0 Å². The molecule has 0 unspecified atom stereocenters. The van der Waals surface area contributed by atoms with Crippen LogP contribution in [0.4, 0.5) is 0 Å². The van der Waals surface area contributed by atoms with Gasteiger partial charge in [-0.3, -0.25) is 4.79 Å². The smallest absolute Gasteiger partial charge is 0.256 e. The van der Waals surface area contributed by atoms with Gasteiger partial charge >= 0.3 is 0 Å². The van der Waals surface area contributed by atoms with Crippen molar-refractivity contribution < 1.29 is 9.21 Å². The number of carbonyl (C=O) groups excluding carboxylic acids is 1. The molecule has 0 atom stereocenters. The number of fused-ring (bicyclic) bond motifs is 1. The second kappa shape index (κ2) is 3.05. The van der Waals surface area contributed by atoms with Crippen molar-refractivity contribution in [3.63, 3.8) is 0 Å². The topological polar surface area (TPSA) is 30.2 Å². The van der Waals surface area contributed by atoms with Gasteiger partial charge in [-0.05, 0) is 29.8 Å². The van der Waals surface area contributed by atoms with Gasteiger partial charge in [0.1, 0.15) is 5.58 Å². The molecule has 0 bridgehead atoms. The predicted molar refractivity (Wildman–Crippen MR) is 51.4 cm³/mol. The van der Waals surface area contributed by atoms with E-state index in [-0.39, 0.29) is 0 Å². The Morgan fingerprint density at radius 3 is 2.85 bits per heavy atom. The summed E-state index contributed by atoms with van der Waals surface area (Å²) in [5, 5.41) is 0.678. The molecule has 0 aliphatic rings. The van der Waals surface area contributed by atoms with Crippen molar-refractivity contribution in [1.82, 2.24) is 0 Å². The minimum absolute atomic E-state index is 0.300. The Hall–Kier alpha value is -0.990. The highest BCUT2D eigenvalue weighted by Crippen LogP contribution is 2.25. The van der Waals surface area contributed by atoms with Crippen molar-refractivity contribution in [1.29, 1.82) is 0 Å². The first-order chi connectivity index (χ1) is 6.18. The number of hydrogen-bond donors (Lipinski definition) is 0. The number of halogens is 2. The Balaban J connectivity index is 2.84. The van der Waals surface area contributed by atoms with Gasteiger partial charge in [-0.1, -0.05) is 11.6 Å². The van der Waals surface area contributed by atoms with E-state index in [9.17, 15) is 4.79 Å². The average Bonchev–Trinajstić information content (AvgIpc) is 2.49. The summed E-state index contributed by atoms with van der Waals surface area (Å²) < 4.78 is 5.10. The molecule has 2 rings (SSSR count). The zero-order chi connectivity index (χ0) is 9.42. The second-order valence-electron chi connectivity index (χ2n) is 2.57. The SMILES string of the molecule is O=C(Cl)c1cc(Cl)cc2ccoc12. The van der Waals surface area contributed by atoms with Gasteiger partial charge in [0.25, 0.3) is 5.24 Å². The molecule has 0 N–H and O–H groups in total. The van der Waals surface area contributed by atoms with E-state index < -0.39 is 5.24 Å². The lowest BCUT2D eigenvalue weighted by Gasteiger charge is -1.96. The van der Waals surface area contributed by atoms with Crippen molar-refractivity contribution in [2.45, 2.75) is 0 Å². The lowest BCUT2D eigenvalue weighted by atomic mass is 10.2. The molecule has 0 aliphatic carbocycles. The lowest BCUT2D eigenvalue weighted by Crippen LogP contribution is -1.88. The molecule has 13 heavy (non-hydrogen) atoms. The minimum Gasteiger partial charge on any atom is -0.464 e. The molecule has 0 amide bonds. The van der Waals surface area contributed by atoms with Crippen LogP contribution in [0.25, 0.3) is 11.0 Å². The maximum absolute atomic E-state index is 11.0. The maximum Gasteiger partial charge on any atom is 0.256 e. The fourth-order valence-electron chi connectivity index (χ4n) is 1.19. The van der Waals surface area contributed by atoms with E-state index in [0.717, 1.165) is 5.39 Å². The first-order valence-electron chi connectivity index (χ1n) is 3.55. The van der Waals surface area contributed by atoms with E-state index in [1.807, 2.05) is 0 Å². The summed E-state index contributed by atoms with van der Waals surface area (Å²) in [6.45, 7) is 0. The zero-order valence-electron chi connectivity index (χ0n) is 6.38. The van der Waals surface area contributed by atoms with Crippen molar-refractivity contribution in [3.8, 4) is 0 Å². The average molecular weight is 215 g/mol. The van der Waals surface area contributed by atoms with Crippen molar-refractivity contribution >= 4 is 39.4 Å². The van der Waals surface area contributed by atoms with E-state index in [0.29, 0.717) is 16.2 Å². The monoisotopic (exact) mass is 214 g/mol. The molecule has 1 aromatic carbocycles. The summed E-state index contributed by atoms with van der Waals surface area (Å²) in [4.78, 5) is 11.0. The summed E-state index contributed by atoms with van der Waals surface area (Å²) in [7, 11) is 0. The highest BCUT2D eigenvalue weighted by molar-refractivity contribution is 6.68. The number of hydrogen-bond acceptors (Lipinski definition) is 2. The number of furan rings is 1. The van der Waals surface area contributed by atoms with Crippen LogP contribution in [0.5, 0.6) is 0 Å². The fraction of sp³-hybridized carbons (Fsp3) is 0. The summed E-state index contributed by atoms with van der Waals surface area (Å²) in [5.74, 6) is 0. The van der Waals surface area contributed by atoms with Crippen LogP contribution in [-0.2, 0) is 0 Å². The number of carbonyl (C=O) groups is 1. The third kappa shape index (κ3) is 1.43. The summed E-state index contributed by atoms with van der Waals surface area (Å²) in [6, 6.07) is 4.93. The number of rotatable bonds is 1.